The standard InChI is InChI=1S/C15H21N5O2S/c1-12-16-15(18-17-12)11-19-7-9-20(10-8-19)13-3-5-14(6-4-13)23(2,21)22/h3-6H,7-11H2,1-2H3,(H,16,17,18). The first-order valence-corrected chi connectivity index (χ1v) is 9.46. The summed E-state index contributed by atoms with van der Waals surface area (Å²) in [6, 6.07) is 7.11. The first kappa shape index (κ1) is 15.9. The van der Waals surface area contributed by atoms with Crippen LogP contribution in [-0.2, 0) is 16.4 Å². The van der Waals surface area contributed by atoms with E-state index in [4.69, 9.17) is 0 Å². The van der Waals surface area contributed by atoms with E-state index in [0.717, 1.165) is 50.1 Å². The van der Waals surface area contributed by atoms with Gasteiger partial charge in [0.05, 0.1) is 11.4 Å². The lowest BCUT2D eigenvalue weighted by Crippen LogP contribution is -2.46. The minimum absolute atomic E-state index is 0.361. The van der Waals surface area contributed by atoms with E-state index < -0.39 is 9.84 Å². The molecule has 0 aliphatic carbocycles. The number of nitrogens with one attached hydrogen (secondary N) is 1. The van der Waals surface area contributed by atoms with Gasteiger partial charge in [-0.25, -0.2) is 13.4 Å². The van der Waals surface area contributed by atoms with Gasteiger partial charge in [-0.2, -0.15) is 5.10 Å². The molecule has 0 atom stereocenters. The van der Waals surface area contributed by atoms with Crippen molar-refractivity contribution >= 4 is 15.5 Å². The smallest absolute Gasteiger partial charge is 0.175 e. The van der Waals surface area contributed by atoms with Gasteiger partial charge in [0.2, 0.25) is 0 Å². The van der Waals surface area contributed by atoms with E-state index >= 15 is 0 Å². The van der Waals surface area contributed by atoms with Crippen molar-refractivity contribution in [2.75, 3.05) is 37.3 Å². The van der Waals surface area contributed by atoms with Crippen LogP contribution in [0.4, 0.5) is 5.69 Å². The molecule has 1 N–H and O–H groups in total. The molecule has 2 aromatic rings. The molecule has 1 aliphatic rings. The first-order chi connectivity index (χ1) is 10.9. The Morgan fingerprint density at radius 2 is 1.78 bits per heavy atom. The van der Waals surface area contributed by atoms with Gasteiger partial charge in [-0.3, -0.25) is 10.00 Å². The Hall–Kier alpha value is -1.93. The number of rotatable bonds is 4. The SMILES string of the molecule is Cc1nc(CN2CCN(c3ccc(S(C)(=O)=O)cc3)CC2)n[nH]1. The quantitative estimate of drug-likeness (QED) is 0.891. The van der Waals surface area contributed by atoms with E-state index in [2.05, 4.69) is 25.0 Å². The number of hydrogen-bond acceptors (Lipinski definition) is 6. The minimum atomic E-state index is -3.14. The number of benzene rings is 1. The van der Waals surface area contributed by atoms with Gasteiger partial charge in [-0.05, 0) is 31.2 Å². The van der Waals surface area contributed by atoms with Crippen LogP contribution in [0.2, 0.25) is 0 Å². The van der Waals surface area contributed by atoms with Gasteiger partial charge in [0.25, 0.3) is 0 Å². The highest BCUT2D eigenvalue weighted by molar-refractivity contribution is 7.90. The average molecular weight is 335 g/mol. The zero-order chi connectivity index (χ0) is 16.4. The van der Waals surface area contributed by atoms with E-state index in [1.807, 2.05) is 19.1 Å². The van der Waals surface area contributed by atoms with Gasteiger partial charge in [-0.15, -0.1) is 0 Å². The maximum absolute atomic E-state index is 11.5. The molecule has 1 aromatic heterocycles. The highest BCUT2D eigenvalue weighted by atomic mass is 32.2. The summed E-state index contributed by atoms with van der Waals surface area (Å²) in [4.78, 5) is 9.29. The van der Waals surface area contributed by atoms with Crippen molar-refractivity contribution in [3.05, 3.63) is 35.9 Å². The van der Waals surface area contributed by atoms with Crippen LogP contribution in [0.5, 0.6) is 0 Å². The summed E-state index contributed by atoms with van der Waals surface area (Å²) < 4.78 is 23.0. The molecule has 7 nitrogen and oxygen atoms in total. The molecule has 3 rings (SSSR count). The number of aromatic nitrogens is 3. The molecule has 8 heteroatoms. The van der Waals surface area contributed by atoms with E-state index in [1.165, 1.54) is 6.26 Å². The van der Waals surface area contributed by atoms with Crippen molar-refractivity contribution in [3.63, 3.8) is 0 Å². The molecule has 0 amide bonds. The number of piperazine rings is 1. The molecule has 23 heavy (non-hydrogen) atoms. The molecule has 0 unspecified atom stereocenters. The number of aromatic amines is 1. The van der Waals surface area contributed by atoms with Gasteiger partial charge in [-0.1, -0.05) is 0 Å². The van der Waals surface area contributed by atoms with Crippen molar-refractivity contribution in [1.82, 2.24) is 20.1 Å². The maximum Gasteiger partial charge on any atom is 0.175 e. The topological polar surface area (TPSA) is 82.2 Å². The minimum Gasteiger partial charge on any atom is -0.369 e. The van der Waals surface area contributed by atoms with Crippen LogP contribution in [0.25, 0.3) is 0 Å². The van der Waals surface area contributed by atoms with Crippen molar-refractivity contribution in [2.45, 2.75) is 18.4 Å². The van der Waals surface area contributed by atoms with Gasteiger partial charge < -0.3 is 4.90 Å². The summed E-state index contributed by atoms with van der Waals surface area (Å²) in [6.45, 7) is 6.33. The van der Waals surface area contributed by atoms with E-state index in [9.17, 15) is 8.42 Å². The fourth-order valence-corrected chi connectivity index (χ4v) is 3.36. The highest BCUT2D eigenvalue weighted by Gasteiger charge is 2.19. The number of sulfone groups is 1. The number of nitrogens with zero attached hydrogens (tertiary/aromatic N) is 4. The monoisotopic (exact) mass is 335 g/mol. The van der Waals surface area contributed by atoms with Crippen molar-refractivity contribution in [2.24, 2.45) is 0 Å². The van der Waals surface area contributed by atoms with Gasteiger partial charge in [0.15, 0.2) is 15.7 Å². The second-order valence-electron chi connectivity index (χ2n) is 5.87. The molecular weight excluding hydrogens is 314 g/mol. The molecule has 0 saturated carbocycles. The molecule has 1 aromatic carbocycles. The summed E-state index contributed by atoms with van der Waals surface area (Å²) in [5.74, 6) is 1.66. The summed E-state index contributed by atoms with van der Waals surface area (Å²) in [5.41, 5.74) is 1.06. The van der Waals surface area contributed by atoms with Crippen LogP contribution in [0.3, 0.4) is 0 Å². The Kier molecular flexibility index (Phi) is 4.36. The zero-order valence-corrected chi connectivity index (χ0v) is 14.2. The van der Waals surface area contributed by atoms with Crippen LogP contribution in [-0.4, -0.2) is 60.9 Å². The molecule has 1 aliphatic heterocycles. The van der Waals surface area contributed by atoms with Gasteiger partial charge in [0, 0.05) is 38.1 Å². The molecule has 2 heterocycles. The van der Waals surface area contributed by atoms with E-state index in [-0.39, 0.29) is 0 Å². The van der Waals surface area contributed by atoms with Crippen molar-refractivity contribution in [1.29, 1.82) is 0 Å². The second kappa shape index (κ2) is 6.29. The maximum atomic E-state index is 11.5. The molecule has 1 saturated heterocycles. The Bertz CT molecular complexity index is 761. The Morgan fingerprint density at radius 3 is 2.30 bits per heavy atom. The average Bonchev–Trinajstić information content (AvgIpc) is 2.92. The summed E-state index contributed by atoms with van der Waals surface area (Å²) in [7, 11) is -3.14. The lowest BCUT2D eigenvalue weighted by Gasteiger charge is -2.35. The van der Waals surface area contributed by atoms with Crippen LogP contribution in [0.15, 0.2) is 29.2 Å². The van der Waals surface area contributed by atoms with Crippen molar-refractivity contribution in [3.8, 4) is 0 Å². The van der Waals surface area contributed by atoms with Crippen molar-refractivity contribution < 1.29 is 8.42 Å². The summed E-state index contributed by atoms with van der Waals surface area (Å²) in [5, 5.41) is 7.03. The van der Waals surface area contributed by atoms with E-state index in [0.29, 0.717) is 4.90 Å². The Morgan fingerprint density at radius 1 is 1.13 bits per heavy atom. The summed E-state index contributed by atoms with van der Waals surface area (Å²) in [6.07, 6.45) is 1.23. The number of H-pyrrole nitrogens is 1. The molecule has 0 bridgehead atoms. The van der Waals surface area contributed by atoms with Crippen LogP contribution in [0.1, 0.15) is 11.6 Å². The third-order valence-electron chi connectivity index (χ3n) is 4.01. The third kappa shape index (κ3) is 3.89. The predicted molar refractivity (Wildman–Crippen MR) is 88.2 cm³/mol. The van der Waals surface area contributed by atoms with Gasteiger partial charge >= 0.3 is 0 Å². The van der Waals surface area contributed by atoms with Crippen LogP contribution < -0.4 is 4.90 Å². The zero-order valence-electron chi connectivity index (χ0n) is 13.4. The molecular formula is C15H21N5O2S. The first-order valence-electron chi connectivity index (χ1n) is 7.57. The normalized spacial score (nSPS) is 16.7. The third-order valence-corrected chi connectivity index (χ3v) is 5.14. The van der Waals surface area contributed by atoms with E-state index in [1.54, 1.807) is 12.1 Å². The highest BCUT2D eigenvalue weighted by Crippen LogP contribution is 2.19. The Balaban J connectivity index is 1.58. The molecule has 1 fully saturated rings. The molecule has 0 spiro atoms. The molecule has 0 radical (unpaired) electrons. The van der Waals surface area contributed by atoms with Crippen LogP contribution >= 0.6 is 0 Å². The number of aryl methyl sites for hydroxylation is 1. The largest absolute Gasteiger partial charge is 0.369 e. The lowest BCUT2D eigenvalue weighted by atomic mass is 10.2. The van der Waals surface area contributed by atoms with Crippen LogP contribution in [0, 0.1) is 6.92 Å². The fraction of sp³-hybridized carbons (Fsp3) is 0.467. The second-order valence-corrected chi connectivity index (χ2v) is 7.88. The number of hydrogen-bond donors (Lipinski definition) is 1. The lowest BCUT2D eigenvalue weighted by molar-refractivity contribution is 0.244. The molecule has 124 valence electrons. The number of anilines is 1. The fourth-order valence-electron chi connectivity index (χ4n) is 2.73. The summed E-state index contributed by atoms with van der Waals surface area (Å²) >= 11 is 0. The Labute approximate surface area is 136 Å². The predicted octanol–water partition coefficient (Wildman–Crippen LogP) is 0.839. The van der Waals surface area contributed by atoms with Gasteiger partial charge in [0.1, 0.15) is 5.82 Å².